The first-order chi connectivity index (χ1) is 7.29. The second-order valence-corrected chi connectivity index (χ2v) is 4.42. The summed E-state index contributed by atoms with van der Waals surface area (Å²) in [6.07, 6.45) is 1.09. The molecule has 0 aliphatic heterocycles. The van der Waals surface area contributed by atoms with Gasteiger partial charge in [0, 0.05) is 11.6 Å². The predicted octanol–water partition coefficient (Wildman–Crippen LogP) is 1.76. The van der Waals surface area contributed by atoms with Gasteiger partial charge in [-0.25, -0.2) is 4.98 Å². The number of ether oxygens (including phenoxy) is 1. The fraction of sp³-hybridized carbons (Fsp3) is 0.444. The zero-order valence-corrected chi connectivity index (χ0v) is 9.69. The SMILES string of the molecule is CC(C)(N)COc1ncc([N+](=O)[O-])cc1Cl. The molecule has 88 valence electrons. The van der Waals surface area contributed by atoms with Gasteiger partial charge in [-0.2, -0.15) is 0 Å². The number of nitrogens with two attached hydrogens (primary N) is 1. The minimum Gasteiger partial charge on any atom is -0.475 e. The van der Waals surface area contributed by atoms with E-state index in [1.54, 1.807) is 13.8 Å². The lowest BCUT2D eigenvalue weighted by atomic mass is 10.1. The Balaban J connectivity index is 2.80. The van der Waals surface area contributed by atoms with E-state index in [2.05, 4.69) is 4.98 Å². The lowest BCUT2D eigenvalue weighted by Crippen LogP contribution is -2.38. The van der Waals surface area contributed by atoms with Crippen molar-refractivity contribution in [1.29, 1.82) is 0 Å². The van der Waals surface area contributed by atoms with Gasteiger partial charge in [-0.3, -0.25) is 10.1 Å². The molecule has 0 aliphatic rings. The largest absolute Gasteiger partial charge is 0.475 e. The van der Waals surface area contributed by atoms with Crippen molar-refractivity contribution in [1.82, 2.24) is 4.98 Å². The van der Waals surface area contributed by atoms with E-state index in [9.17, 15) is 10.1 Å². The molecule has 0 amide bonds. The van der Waals surface area contributed by atoms with Crippen LogP contribution >= 0.6 is 11.6 Å². The van der Waals surface area contributed by atoms with Gasteiger partial charge in [-0.15, -0.1) is 0 Å². The van der Waals surface area contributed by atoms with E-state index in [0.717, 1.165) is 6.20 Å². The third kappa shape index (κ3) is 3.63. The molecule has 0 aromatic carbocycles. The van der Waals surface area contributed by atoms with Gasteiger partial charge in [0.2, 0.25) is 5.88 Å². The lowest BCUT2D eigenvalue weighted by Gasteiger charge is -2.18. The molecule has 0 saturated carbocycles. The van der Waals surface area contributed by atoms with E-state index in [0.29, 0.717) is 0 Å². The van der Waals surface area contributed by atoms with Crippen LogP contribution in [0, 0.1) is 10.1 Å². The monoisotopic (exact) mass is 245 g/mol. The minimum atomic E-state index is -0.574. The predicted molar refractivity (Wildman–Crippen MR) is 59.7 cm³/mol. The number of halogens is 1. The molecule has 16 heavy (non-hydrogen) atoms. The van der Waals surface area contributed by atoms with Gasteiger partial charge in [0.25, 0.3) is 5.69 Å². The molecule has 1 aromatic heterocycles. The van der Waals surface area contributed by atoms with E-state index < -0.39 is 10.5 Å². The fourth-order valence-electron chi connectivity index (χ4n) is 0.876. The molecule has 1 aromatic rings. The number of hydrogen-bond acceptors (Lipinski definition) is 5. The van der Waals surface area contributed by atoms with E-state index in [1.165, 1.54) is 6.07 Å². The molecule has 0 saturated heterocycles. The maximum Gasteiger partial charge on any atom is 0.289 e. The van der Waals surface area contributed by atoms with Crippen molar-refractivity contribution < 1.29 is 9.66 Å². The van der Waals surface area contributed by atoms with Crippen molar-refractivity contribution >= 4 is 17.3 Å². The molecule has 0 aliphatic carbocycles. The van der Waals surface area contributed by atoms with Gasteiger partial charge in [0.05, 0.1) is 4.92 Å². The Bertz CT molecular complexity index is 403. The molecule has 1 rings (SSSR count). The van der Waals surface area contributed by atoms with Crippen LogP contribution in [0.4, 0.5) is 5.69 Å². The highest BCUT2D eigenvalue weighted by atomic mass is 35.5. The molecule has 0 fully saturated rings. The van der Waals surface area contributed by atoms with Gasteiger partial charge in [0.15, 0.2) is 0 Å². The summed E-state index contributed by atoms with van der Waals surface area (Å²) in [6, 6.07) is 1.19. The van der Waals surface area contributed by atoms with Gasteiger partial charge >= 0.3 is 0 Å². The molecular weight excluding hydrogens is 234 g/mol. The Morgan fingerprint density at radius 3 is 2.75 bits per heavy atom. The quantitative estimate of drug-likeness (QED) is 0.645. The number of aromatic nitrogens is 1. The molecule has 0 atom stereocenters. The van der Waals surface area contributed by atoms with Gasteiger partial charge < -0.3 is 10.5 Å². The highest BCUT2D eigenvalue weighted by Gasteiger charge is 2.15. The summed E-state index contributed by atoms with van der Waals surface area (Å²) in [5.74, 6) is 0.144. The number of rotatable bonds is 4. The zero-order valence-electron chi connectivity index (χ0n) is 8.94. The average molecular weight is 246 g/mol. The molecule has 0 spiro atoms. The standard InChI is InChI=1S/C9H12ClN3O3/c1-9(2,11)5-16-8-7(10)3-6(4-12-8)13(14)15/h3-4H,5,11H2,1-2H3. The number of nitro groups is 1. The van der Waals surface area contributed by atoms with E-state index in [1.807, 2.05) is 0 Å². The Labute approximate surface area is 97.5 Å². The van der Waals surface area contributed by atoms with E-state index in [-0.39, 0.29) is 23.2 Å². The van der Waals surface area contributed by atoms with Crippen LogP contribution in [0.2, 0.25) is 5.02 Å². The van der Waals surface area contributed by atoms with Crippen molar-refractivity contribution in [3.05, 3.63) is 27.4 Å². The van der Waals surface area contributed by atoms with Crippen LogP contribution in [0.3, 0.4) is 0 Å². The van der Waals surface area contributed by atoms with Gasteiger partial charge in [0.1, 0.15) is 17.8 Å². The molecule has 0 bridgehead atoms. The Morgan fingerprint density at radius 2 is 2.31 bits per heavy atom. The maximum atomic E-state index is 10.4. The van der Waals surface area contributed by atoms with E-state index in [4.69, 9.17) is 22.1 Å². The van der Waals surface area contributed by atoms with Crippen molar-refractivity contribution in [3.63, 3.8) is 0 Å². The number of nitrogens with zero attached hydrogens (tertiary/aromatic N) is 2. The topological polar surface area (TPSA) is 91.3 Å². The number of pyridine rings is 1. The third-order valence-corrected chi connectivity index (χ3v) is 1.86. The summed E-state index contributed by atoms with van der Waals surface area (Å²) in [5, 5.41) is 10.5. The van der Waals surface area contributed by atoms with Crippen molar-refractivity contribution in [3.8, 4) is 5.88 Å². The Morgan fingerprint density at radius 1 is 1.69 bits per heavy atom. The van der Waals surface area contributed by atoms with Gasteiger partial charge in [-0.05, 0) is 13.8 Å². The second kappa shape index (κ2) is 4.63. The fourth-order valence-corrected chi connectivity index (χ4v) is 1.09. The molecular formula is C9H12ClN3O3. The molecule has 7 heteroatoms. The van der Waals surface area contributed by atoms with Crippen LogP contribution in [0.1, 0.15) is 13.8 Å². The van der Waals surface area contributed by atoms with Crippen molar-refractivity contribution in [2.24, 2.45) is 5.73 Å². The van der Waals surface area contributed by atoms with Crippen LogP contribution in [0.5, 0.6) is 5.88 Å². The summed E-state index contributed by atoms with van der Waals surface area (Å²) in [4.78, 5) is 13.6. The summed E-state index contributed by atoms with van der Waals surface area (Å²) >= 11 is 5.77. The maximum absolute atomic E-state index is 10.4. The first-order valence-corrected chi connectivity index (χ1v) is 4.89. The van der Waals surface area contributed by atoms with Crippen LogP contribution < -0.4 is 10.5 Å². The Hall–Kier alpha value is -1.40. The number of hydrogen-bond donors (Lipinski definition) is 1. The first kappa shape index (κ1) is 12.7. The third-order valence-electron chi connectivity index (χ3n) is 1.58. The second-order valence-electron chi connectivity index (χ2n) is 4.01. The highest BCUT2D eigenvalue weighted by Crippen LogP contribution is 2.26. The first-order valence-electron chi connectivity index (χ1n) is 4.51. The van der Waals surface area contributed by atoms with Crippen LogP contribution in [-0.4, -0.2) is 22.1 Å². The molecule has 6 nitrogen and oxygen atoms in total. The summed E-state index contributed by atoms with van der Waals surface area (Å²) in [7, 11) is 0. The Kier molecular flexibility index (Phi) is 3.66. The normalized spacial score (nSPS) is 11.2. The summed E-state index contributed by atoms with van der Waals surface area (Å²) in [6.45, 7) is 3.79. The molecule has 0 unspecified atom stereocenters. The molecule has 0 radical (unpaired) electrons. The van der Waals surface area contributed by atoms with Crippen LogP contribution in [0.25, 0.3) is 0 Å². The molecule has 1 heterocycles. The smallest absolute Gasteiger partial charge is 0.289 e. The summed E-state index contributed by atoms with van der Waals surface area (Å²) < 4.78 is 5.25. The summed E-state index contributed by atoms with van der Waals surface area (Å²) in [5.41, 5.74) is 5.01. The zero-order chi connectivity index (χ0) is 12.3. The van der Waals surface area contributed by atoms with Crippen molar-refractivity contribution in [2.75, 3.05) is 6.61 Å². The minimum absolute atomic E-state index is 0.0958. The molecule has 2 N–H and O–H groups in total. The lowest BCUT2D eigenvalue weighted by molar-refractivity contribution is -0.385. The average Bonchev–Trinajstić information content (AvgIpc) is 2.14. The van der Waals surface area contributed by atoms with Crippen molar-refractivity contribution in [2.45, 2.75) is 19.4 Å². The van der Waals surface area contributed by atoms with Crippen LogP contribution in [0.15, 0.2) is 12.3 Å². The van der Waals surface area contributed by atoms with Gasteiger partial charge in [-0.1, -0.05) is 11.6 Å². The van der Waals surface area contributed by atoms with E-state index >= 15 is 0 Å². The highest BCUT2D eigenvalue weighted by molar-refractivity contribution is 6.32. The van der Waals surface area contributed by atoms with Crippen LogP contribution in [-0.2, 0) is 0 Å².